The van der Waals surface area contributed by atoms with E-state index in [1.807, 2.05) is 79.9 Å². The maximum atomic E-state index is 13.7. The first-order valence-electron chi connectivity index (χ1n) is 12.8. The zero-order chi connectivity index (χ0) is 26.4. The van der Waals surface area contributed by atoms with Gasteiger partial charge in [0.2, 0.25) is 15.0 Å². The molecule has 1 fully saturated rings. The Kier molecular flexibility index (Phi) is 9.00. The van der Waals surface area contributed by atoms with Crippen LogP contribution in [0.1, 0.15) is 49.1 Å². The van der Waals surface area contributed by atoms with Crippen LogP contribution in [-0.4, -0.2) is 53.3 Å². The standard InChI is InChI=1S/C28H36N4O3S2/c1-21(2)30-27(36)31(19-26-14-9-15-35-26)18-25-16-29-28(32(25)17-23-11-5-4-6-12-23)37(33,34)20-24-13-8-7-10-22(24)3/h4-8,10-13,16,21,26H,9,14-15,17-20H2,1-3H3,(H,30,36). The molecule has 0 saturated carbocycles. The Labute approximate surface area is 225 Å². The minimum Gasteiger partial charge on any atom is -0.376 e. The van der Waals surface area contributed by atoms with Crippen molar-refractivity contribution in [2.45, 2.75) is 69.8 Å². The highest BCUT2D eigenvalue weighted by atomic mass is 32.2. The number of thiocarbonyl (C=S) groups is 1. The summed E-state index contributed by atoms with van der Waals surface area (Å²) in [5, 5.41) is 4.04. The molecule has 0 spiro atoms. The highest BCUT2D eigenvalue weighted by Crippen LogP contribution is 2.23. The van der Waals surface area contributed by atoms with Gasteiger partial charge in [0.25, 0.3) is 0 Å². The Morgan fingerprint density at radius 3 is 2.59 bits per heavy atom. The number of nitrogens with zero attached hydrogens (tertiary/aromatic N) is 3. The number of hydrogen-bond acceptors (Lipinski definition) is 5. The van der Waals surface area contributed by atoms with Crippen LogP contribution >= 0.6 is 12.2 Å². The summed E-state index contributed by atoms with van der Waals surface area (Å²) in [6.45, 7) is 8.25. The predicted molar refractivity (Wildman–Crippen MR) is 150 cm³/mol. The fourth-order valence-corrected chi connectivity index (χ4v) is 6.50. The van der Waals surface area contributed by atoms with E-state index in [0.717, 1.165) is 41.8 Å². The number of nitrogens with one attached hydrogen (secondary N) is 1. The van der Waals surface area contributed by atoms with E-state index in [0.29, 0.717) is 24.7 Å². The molecule has 7 nitrogen and oxygen atoms in total. The van der Waals surface area contributed by atoms with Gasteiger partial charge in [-0.25, -0.2) is 13.4 Å². The van der Waals surface area contributed by atoms with Crippen LogP contribution in [0.15, 0.2) is 66.0 Å². The topological polar surface area (TPSA) is 76.5 Å². The van der Waals surface area contributed by atoms with Crippen molar-refractivity contribution >= 4 is 27.2 Å². The molecule has 2 aromatic carbocycles. The van der Waals surface area contributed by atoms with E-state index in [9.17, 15) is 8.42 Å². The quantitative estimate of drug-likeness (QED) is 0.380. The van der Waals surface area contributed by atoms with Crippen molar-refractivity contribution < 1.29 is 13.2 Å². The summed E-state index contributed by atoms with van der Waals surface area (Å²) in [6.07, 6.45) is 3.80. The highest BCUT2D eigenvalue weighted by molar-refractivity contribution is 7.90. The molecule has 1 atom stereocenters. The zero-order valence-corrected chi connectivity index (χ0v) is 23.4. The van der Waals surface area contributed by atoms with Gasteiger partial charge in [0.05, 0.1) is 36.8 Å². The monoisotopic (exact) mass is 540 g/mol. The van der Waals surface area contributed by atoms with Gasteiger partial charge in [0.1, 0.15) is 0 Å². The molecule has 0 radical (unpaired) electrons. The van der Waals surface area contributed by atoms with Crippen molar-refractivity contribution in [2.24, 2.45) is 0 Å². The van der Waals surface area contributed by atoms with Gasteiger partial charge < -0.3 is 19.5 Å². The third-order valence-corrected chi connectivity index (χ3v) is 8.42. The Balaban J connectivity index is 1.69. The van der Waals surface area contributed by atoms with Gasteiger partial charge in [-0.15, -0.1) is 0 Å². The van der Waals surface area contributed by atoms with Crippen molar-refractivity contribution in [3.8, 4) is 0 Å². The second-order valence-corrected chi connectivity index (χ2v) is 12.2. The van der Waals surface area contributed by atoms with Crippen LogP contribution in [0.25, 0.3) is 0 Å². The number of imidazole rings is 1. The van der Waals surface area contributed by atoms with Gasteiger partial charge in [-0.2, -0.15) is 0 Å². The molecule has 4 rings (SSSR count). The second-order valence-electron chi connectivity index (χ2n) is 9.91. The number of ether oxygens (including phenoxy) is 1. The zero-order valence-electron chi connectivity index (χ0n) is 21.8. The van der Waals surface area contributed by atoms with Gasteiger partial charge in [0, 0.05) is 19.2 Å². The molecule has 1 N–H and O–H groups in total. The number of sulfone groups is 1. The Morgan fingerprint density at radius 1 is 1.19 bits per heavy atom. The molecule has 3 aromatic rings. The van der Waals surface area contributed by atoms with E-state index in [4.69, 9.17) is 17.0 Å². The number of aryl methyl sites for hydroxylation is 1. The van der Waals surface area contributed by atoms with Crippen LogP contribution in [0.2, 0.25) is 0 Å². The summed E-state index contributed by atoms with van der Waals surface area (Å²) < 4.78 is 35.0. The smallest absolute Gasteiger partial charge is 0.228 e. The highest BCUT2D eigenvalue weighted by Gasteiger charge is 2.27. The minimum absolute atomic E-state index is 0.0782. The molecule has 9 heteroatoms. The Bertz CT molecular complexity index is 1300. The average Bonchev–Trinajstić information content (AvgIpc) is 3.51. The maximum Gasteiger partial charge on any atom is 0.228 e. The van der Waals surface area contributed by atoms with Crippen LogP contribution in [0.5, 0.6) is 0 Å². The predicted octanol–water partition coefficient (Wildman–Crippen LogP) is 4.48. The molecule has 37 heavy (non-hydrogen) atoms. The average molecular weight is 541 g/mol. The largest absolute Gasteiger partial charge is 0.376 e. The maximum absolute atomic E-state index is 13.7. The van der Waals surface area contributed by atoms with E-state index in [1.165, 1.54) is 0 Å². The summed E-state index contributed by atoms with van der Waals surface area (Å²) in [6, 6.07) is 17.6. The molecular formula is C28H36N4O3S2. The summed E-state index contributed by atoms with van der Waals surface area (Å²) in [7, 11) is -3.70. The molecule has 1 saturated heterocycles. The molecule has 0 aliphatic carbocycles. The molecule has 2 heterocycles. The SMILES string of the molecule is Cc1ccccc1CS(=O)(=O)c1ncc(CN(CC2CCCO2)C(=S)NC(C)C)n1Cc1ccccc1. The van der Waals surface area contributed by atoms with Crippen molar-refractivity contribution in [2.75, 3.05) is 13.2 Å². The lowest BCUT2D eigenvalue weighted by molar-refractivity contribution is 0.0891. The fraction of sp³-hybridized carbons (Fsp3) is 0.429. The number of rotatable bonds is 10. The molecule has 1 aliphatic rings. The lowest BCUT2D eigenvalue weighted by atomic mass is 10.1. The van der Waals surface area contributed by atoms with E-state index in [-0.39, 0.29) is 23.1 Å². The Hall–Kier alpha value is -2.75. The van der Waals surface area contributed by atoms with Crippen LogP contribution < -0.4 is 5.32 Å². The van der Waals surface area contributed by atoms with E-state index >= 15 is 0 Å². The van der Waals surface area contributed by atoms with Crippen LogP contribution in [-0.2, 0) is 33.4 Å². The first-order valence-corrected chi connectivity index (χ1v) is 14.8. The van der Waals surface area contributed by atoms with Crippen molar-refractivity contribution in [1.82, 2.24) is 19.8 Å². The number of benzene rings is 2. The number of aromatic nitrogens is 2. The van der Waals surface area contributed by atoms with Gasteiger partial charge in [-0.1, -0.05) is 54.6 Å². The summed E-state index contributed by atoms with van der Waals surface area (Å²) in [5.41, 5.74) is 3.52. The first kappa shape index (κ1) is 27.3. The van der Waals surface area contributed by atoms with Gasteiger partial charge in [0.15, 0.2) is 5.11 Å². The van der Waals surface area contributed by atoms with Crippen LogP contribution in [0.4, 0.5) is 0 Å². The van der Waals surface area contributed by atoms with Crippen LogP contribution in [0.3, 0.4) is 0 Å². The summed E-state index contributed by atoms with van der Waals surface area (Å²) in [4.78, 5) is 6.54. The minimum atomic E-state index is -3.70. The summed E-state index contributed by atoms with van der Waals surface area (Å²) >= 11 is 5.75. The third-order valence-electron chi connectivity index (χ3n) is 6.47. The first-order chi connectivity index (χ1) is 17.7. The van der Waals surface area contributed by atoms with Gasteiger partial charge in [-0.05, 0) is 62.5 Å². The number of hydrogen-bond donors (Lipinski definition) is 1. The molecule has 0 amide bonds. The summed E-state index contributed by atoms with van der Waals surface area (Å²) in [5.74, 6) is -0.0993. The van der Waals surface area contributed by atoms with E-state index in [1.54, 1.807) is 6.20 Å². The van der Waals surface area contributed by atoms with Gasteiger partial charge >= 0.3 is 0 Å². The van der Waals surface area contributed by atoms with E-state index in [2.05, 4.69) is 15.2 Å². The molecule has 1 unspecified atom stereocenters. The van der Waals surface area contributed by atoms with Gasteiger partial charge in [-0.3, -0.25) is 0 Å². The Morgan fingerprint density at radius 2 is 1.92 bits per heavy atom. The van der Waals surface area contributed by atoms with Crippen molar-refractivity contribution in [3.63, 3.8) is 0 Å². The molecular weight excluding hydrogens is 504 g/mol. The third kappa shape index (κ3) is 7.18. The molecule has 1 aliphatic heterocycles. The molecule has 1 aromatic heterocycles. The van der Waals surface area contributed by atoms with Crippen molar-refractivity contribution in [3.05, 3.63) is 83.2 Å². The molecule has 0 bridgehead atoms. The van der Waals surface area contributed by atoms with Crippen LogP contribution in [0, 0.1) is 6.92 Å². The van der Waals surface area contributed by atoms with Crippen molar-refractivity contribution in [1.29, 1.82) is 0 Å². The second kappa shape index (κ2) is 12.2. The molecule has 198 valence electrons. The normalized spacial score (nSPS) is 15.7. The fourth-order valence-electron chi connectivity index (χ4n) is 4.53. The lowest BCUT2D eigenvalue weighted by Gasteiger charge is -2.29. The lowest BCUT2D eigenvalue weighted by Crippen LogP contribution is -2.45. The van der Waals surface area contributed by atoms with E-state index < -0.39 is 9.84 Å².